The van der Waals surface area contributed by atoms with E-state index in [2.05, 4.69) is 31.1 Å². The van der Waals surface area contributed by atoms with Crippen LogP contribution in [-0.4, -0.2) is 63.5 Å². The third-order valence-corrected chi connectivity index (χ3v) is 2.82. The molecule has 1 N–H and O–H groups in total. The van der Waals surface area contributed by atoms with Crippen LogP contribution in [0.2, 0.25) is 0 Å². The molecule has 1 aliphatic rings. The van der Waals surface area contributed by atoms with Gasteiger partial charge in [-0.3, -0.25) is 0 Å². The number of ether oxygens (including phenoxy) is 2. The molecule has 1 fully saturated rings. The Morgan fingerprint density at radius 3 is 2.87 bits per heavy atom. The molecule has 0 amide bonds. The fourth-order valence-electron chi connectivity index (χ4n) is 1.97. The Morgan fingerprint density at radius 2 is 2.27 bits per heavy atom. The molecule has 0 saturated carbocycles. The van der Waals surface area contributed by atoms with Gasteiger partial charge in [-0.25, -0.2) is 0 Å². The average Bonchev–Trinajstić information content (AvgIpc) is 2.18. The van der Waals surface area contributed by atoms with Gasteiger partial charge in [0.05, 0.1) is 19.3 Å². The highest BCUT2D eigenvalue weighted by atomic mass is 16.5. The van der Waals surface area contributed by atoms with Crippen molar-refractivity contribution in [1.29, 1.82) is 0 Å². The van der Waals surface area contributed by atoms with Gasteiger partial charge in [0.25, 0.3) is 0 Å². The highest BCUT2D eigenvalue weighted by Gasteiger charge is 2.24. The van der Waals surface area contributed by atoms with Crippen LogP contribution in [0.5, 0.6) is 0 Å². The number of hydrogen-bond donors (Lipinski definition) is 1. The summed E-state index contributed by atoms with van der Waals surface area (Å²) >= 11 is 0. The van der Waals surface area contributed by atoms with Gasteiger partial charge in [-0.2, -0.15) is 0 Å². The van der Waals surface area contributed by atoms with Gasteiger partial charge in [0.1, 0.15) is 0 Å². The van der Waals surface area contributed by atoms with Gasteiger partial charge in [-0.1, -0.05) is 0 Å². The fraction of sp³-hybridized carbons (Fsp3) is 1.00. The number of methoxy groups -OCH3 is 1. The molecular weight excluding hydrogens is 192 g/mol. The van der Waals surface area contributed by atoms with Crippen LogP contribution < -0.4 is 5.32 Å². The predicted molar refractivity (Wildman–Crippen MR) is 61.2 cm³/mol. The molecule has 90 valence electrons. The summed E-state index contributed by atoms with van der Waals surface area (Å²) < 4.78 is 10.8. The molecule has 0 spiro atoms. The number of morpholine rings is 1. The minimum atomic E-state index is 0.294. The monoisotopic (exact) mass is 216 g/mol. The van der Waals surface area contributed by atoms with Crippen molar-refractivity contribution in [1.82, 2.24) is 10.2 Å². The second-order valence-electron chi connectivity index (χ2n) is 4.48. The first-order valence-electron chi connectivity index (χ1n) is 5.68. The first-order valence-corrected chi connectivity index (χ1v) is 5.68. The zero-order valence-electron chi connectivity index (χ0n) is 10.3. The van der Waals surface area contributed by atoms with Crippen LogP contribution in [0.1, 0.15) is 13.8 Å². The molecule has 4 nitrogen and oxygen atoms in total. The standard InChI is InChI=1S/C11H24N2O2/c1-9(8-14-4)12-10(2)11-7-13(3)5-6-15-11/h9-12H,5-8H2,1-4H3. The number of likely N-dealkylation sites (N-methyl/N-ethyl adjacent to an activating group) is 1. The van der Waals surface area contributed by atoms with Crippen LogP contribution in [0, 0.1) is 0 Å². The molecule has 1 rings (SSSR count). The summed E-state index contributed by atoms with van der Waals surface area (Å²) in [5.41, 5.74) is 0. The minimum absolute atomic E-state index is 0.294. The highest BCUT2D eigenvalue weighted by molar-refractivity contribution is 4.80. The van der Waals surface area contributed by atoms with Crippen LogP contribution in [0.3, 0.4) is 0 Å². The molecule has 0 aromatic carbocycles. The Morgan fingerprint density at radius 1 is 1.53 bits per heavy atom. The SMILES string of the molecule is COCC(C)NC(C)C1CN(C)CCO1. The topological polar surface area (TPSA) is 33.7 Å². The summed E-state index contributed by atoms with van der Waals surface area (Å²) in [6.45, 7) is 7.94. The molecule has 0 aromatic heterocycles. The van der Waals surface area contributed by atoms with Crippen LogP contribution >= 0.6 is 0 Å². The maximum absolute atomic E-state index is 5.74. The van der Waals surface area contributed by atoms with Crippen molar-refractivity contribution in [3.63, 3.8) is 0 Å². The molecule has 0 bridgehead atoms. The van der Waals surface area contributed by atoms with Crippen molar-refractivity contribution in [2.24, 2.45) is 0 Å². The maximum Gasteiger partial charge on any atom is 0.0852 e. The van der Waals surface area contributed by atoms with Crippen LogP contribution in [0.15, 0.2) is 0 Å². The molecule has 1 heterocycles. The maximum atomic E-state index is 5.74. The predicted octanol–water partition coefficient (Wildman–Crippen LogP) is 0.330. The first-order chi connectivity index (χ1) is 7.13. The van der Waals surface area contributed by atoms with E-state index in [-0.39, 0.29) is 0 Å². The van der Waals surface area contributed by atoms with E-state index in [4.69, 9.17) is 9.47 Å². The summed E-state index contributed by atoms with van der Waals surface area (Å²) in [5, 5.41) is 3.49. The Labute approximate surface area is 92.9 Å². The van der Waals surface area contributed by atoms with Crippen LogP contribution in [-0.2, 0) is 9.47 Å². The van der Waals surface area contributed by atoms with E-state index < -0.39 is 0 Å². The third kappa shape index (κ3) is 4.47. The molecule has 3 atom stereocenters. The Hall–Kier alpha value is -0.160. The van der Waals surface area contributed by atoms with Gasteiger partial charge in [0, 0.05) is 32.3 Å². The summed E-state index contributed by atoms with van der Waals surface area (Å²) in [4.78, 5) is 2.31. The van der Waals surface area contributed by atoms with Gasteiger partial charge in [-0.05, 0) is 20.9 Å². The normalized spacial score (nSPS) is 27.6. The summed E-state index contributed by atoms with van der Waals surface area (Å²) in [7, 11) is 3.87. The Kier molecular flexibility index (Phi) is 5.53. The lowest BCUT2D eigenvalue weighted by Crippen LogP contribution is -2.52. The van der Waals surface area contributed by atoms with E-state index >= 15 is 0 Å². The number of rotatable bonds is 5. The zero-order chi connectivity index (χ0) is 11.3. The molecule has 3 unspecified atom stereocenters. The second-order valence-corrected chi connectivity index (χ2v) is 4.48. The smallest absolute Gasteiger partial charge is 0.0852 e. The average molecular weight is 216 g/mol. The molecule has 1 aliphatic heterocycles. The van der Waals surface area contributed by atoms with E-state index in [1.54, 1.807) is 7.11 Å². The number of hydrogen-bond acceptors (Lipinski definition) is 4. The Balaban J connectivity index is 2.28. The quantitative estimate of drug-likeness (QED) is 0.718. The van der Waals surface area contributed by atoms with Gasteiger partial charge in [-0.15, -0.1) is 0 Å². The van der Waals surface area contributed by atoms with Gasteiger partial charge in [0.2, 0.25) is 0 Å². The van der Waals surface area contributed by atoms with Crippen molar-refractivity contribution < 1.29 is 9.47 Å². The molecule has 0 radical (unpaired) electrons. The van der Waals surface area contributed by atoms with Crippen molar-refractivity contribution in [3.05, 3.63) is 0 Å². The second kappa shape index (κ2) is 6.43. The van der Waals surface area contributed by atoms with E-state index in [0.29, 0.717) is 18.2 Å². The molecule has 15 heavy (non-hydrogen) atoms. The summed E-state index contributed by atoms with van der Waals surface area (Å²) in [6.07, 6.45) is 0.294. The molecular formula is C11H24N2O2. The zero-order valence-corrected chi connectivity index (χ0v) is 10.3. The van der Waals surface area contributed by atoms with Crippen molar-refractivity contribution in [3.8, 4) is 0 Å². The lowest BCUT2D eigenvalue weighted by molar-refractivity contribution is -0.0380. The fourth-order valence-corrected chi connectivity index (χ4v) is 1.97. The highest BCUT2D eigenvalue weighted by Crippen LogP contribution is 2.07. The third-order valence-electron chi connectivity index (χ3n) is 2.82. The largest absolute Gasteiger partial charge is 0.383 e. The van der Waals surface area contributed by atoms with Crippen molar-refractivity contribution >= 4 is 0 Å². The van der Waals surface area contributed by atoms with E-state index in [9.17, 15) is 0 Å². The van der Waals surface area contributed by atoms with Crippen LogP contribution in [0.4, 0.5) is 0 Å². The van der Waals surface area contributed by atoms with Gasteiger partial charge >= 0.3 is 0 Å². The molecule has 1 saturated heterocycles. The molecule has 4 heteroatoms. The Bertz CT molecular complexity index is 178. The van der Waals surface area contributed by atoms with Crippen LogP contribution in [0.25, 0.3) is 0 Å². The summed E-state index contributed by atoms with van der Waals surface area (Å²) in [6, 6.07) is 0.749. The lowest BCUT2D eigenvalue weighted by Gasteiger charge is -2.35. The van der Waals surface area contributed by atoms with E-state index in [1.165, 1.54) is 0 Å². The van der Waals surface area contributed by atoms with Gasteiger partial charge < -0.3 is 19.7 Å². The minimum Gasteiger partial charge on any atom is -0.383 e. The number of nitrogens with one attached hydrogen (secondary N) is 1. The van der Waals surface area contributed by atoms with Crippen molar-refractivity contribution in [2.45, 2.75) is 32.0 Å². The summed E-state index contributed by atoms with van der Waals surface area (Å²) in [5.74, 6) is 0. The molecule has 0 aromatic rings. The number of nitrogens with zero attached hydrogens (tertiary/aromatic N) is 1. The van der Waals surface area contributed by atoms with Gasteiger partial charge in [0.15, 0.2) is 0 Å². The molecule has 0 aliphatic carbocycles. The van der Waals surface area contributed by atoms with E-state index in [0.717, 1.165) is 26.3 Å². The van der Waals surface area contributed by atoms with Crippen molar-refractivity contribution in [2.75, 3.05) is 40.5 Å². The lowest BCUT2D eigenvalue weighted by atomic mass is 10.1. The first kappa shape index (κ1) is 12.9. The van der Waals surface area contributed by atoms with E-state index in [1.807, 2.05) is 0 Å².